The van der Waals surface area contributed by atoms with Gasteiger partial charge in [-0.05, 0) is 17.7 Å². The Morgan fingerprint density at radius 2 is 1.26 bits per heavy atom. The first-order valence-corrected chi connectivity index (χ1v) is 10.7. The van der Waals surface area contributed by atoms with Crippen molar-refractivity contribution in [2.45, 2.75) is 15.8 Å². The number of alkyl halides is 1. The van der Waals surface area contributed by atoms with Crippen LogP contribution in [0.15, 0.2) is 95.9 Å². The van der Waals surface area contributed by atoms with E-state index in [9.17, 15) is 13.2 Å². The SMILES string of the molecule is O=C(c1ccccc1)[C@@H](NS(=O)(=O)c1ccccc1)[C@@H](Br)c1ccccc1. The Labute approximate surface area is 167 Å². The normalized spacial score (nSPS) is 13.7. The van der Waals surface area contributed by atoms with Gasteiger partial charge in [-0.3, -0.25) is 4.79 Å². The smallest absolute Gasteiger partial charge is 0.241 e. The summed E-state index contributed by atoms with van der Waals surface area (Å²) in [6, 6.07) is 24.9. The van der Waals surface area contributed by atoms with E-state index < -0.39 is 20.9 Å². The van der Waals surface area contributed by atoms with Crippen LogP contribution in [0.3, 0.4) is 0 Å². The van der Waals surface area contributed by atoms with Crippen molar-refractivity contribution in [3.63, 3.8) is 0 Å². The molecule has 2 atom stereocenters. The van der Waals surface area contributed by atoms with Gasteiger partial charge in [-0.15, -0.1) is 0 Å². The van der Waals surface area contributed by atoms with Crippen molar-refractivity contribution in [3.8, 4) is 0 Å². The third kappa shape index (κ3) is 4.71. The van der Waals surface area contributed by atoms with Gasteiger partial charge in [0.2, 0.25) is 10.0 Å². The number of sulfonamides is 1. The van der Waals surface area contributed by atoms with Gasteiger partial charge in [-0.25, -0.2) is 8.42 Å². The van der Waals surface area contributed by atoms with E-state index in [0.717, 1.165) is 5.56 Å². The molecule has 1 N–H and O–H groups in total. The average Bonchev–Trinajstić information content (AvgIpc) is 2.73. The van der Waals surface area contributed by atoms with Crippen LogP contribution in [0, 0.1) is 0 Å². The molecule has 6 heteroatoms. The van der Waals surface area contributed by atoms with E-state index >= 15 is 0 Å². The van der Waals surface area contributed by atoms with Crippen molar-refractivity contribution in [1.29, 1.82) is 0 Å². The Bertz CT molecular complexity index is 993. The van der Waals surface area contributed by atoms with Gasteiger partial charge >= 0.3 is 0 Å². The summed E-state index contributed by atoms with van der Waals surface area (Å²) in [7, 11) is -3.87. The Hall–Kier alpha value is -2.28. The molecule has 0 saturated carbocycles. The van der Waals surface area contributed by atoms with E-state index in [1.807, 2.05) is 36.4 Å². The highest BCUT2D eigenvalue weighted by atomic mass is 79.9. The van der Waals surface area contributed by atoms with E-state index in [1.165, 1.54) is 12.1 Å². The van der Waals surface area contributed by atoms with Crippen molar-refractivity contribution in [1.82, 2.24) is 4.72 Å². The van der Waals surface area contributed by atoms with Crippen molar-refractivity contribution < 1.29 is 13.2 Å². The quantitative estimate of drug-likeness (QED) is 0.435. The second-order valence-electron chi connectivity index (χ2n) is 5.95. The number of ketones is 1. The topological polar surface area (TPSA) is 63.2 Å². The minimum Gasteiger partial charge on any atom is -0.292 e. The predicted molar refractivity (Wildman–Crippen MR) is 109 cm³/mol. The Morgan fingerprint density at radius 1 is 0.778 bits per heavy atom. The van der Waals surface area contributed by atoms with Gasteiger partial charge in [-0.1, -0.05) is 94.8 Å². The highest BCUT2D eigenvalue weighted by Crippen LogP contribution is 2.29. The third-order valence-electron chi connectivity index (χ3n) is 4.09. The molecule has 0 heterocycles. The second-order valence-corrected chi connectivity index (χ2v) is 8.66. The van der Waals surface area contributed by atoms with Crippen LogP contribution in [0.4, 0.5) is 0 Å². The lowest BCUT2D eigenvalue weighted by Gasteiger charge is -2.23. The molecule has 0 unspecified atom stereocenters. The molecule has 0 aliphatic heterocycles. The molecule has 4 nitrogen and oxygen atoms in total. The van der Waals surface area contributed by atoms with Gasteiger partial charge in [0.05, 0.1) is 9.72 Å². The zero-order valence-electron chi connectivity index (χ0n) is 14.3. The van der Waals surface area contributed by atoms with Crippen molar-refractivity contribution in [2.75, 3.05) is 0 Å². The van der Waals surface area contributed by atoms with Crippen LogP contribution in [0.2, 0.25) is 0 Å². The first-order valence-electron chi connectivity index (χ1n) is 8.35. The summed E-state index contributed by atoms with van der Waals surface area (Å²) in [4.78, 5) is 12.7. The fourth-order valence-electron chi connectivity index (χ4n) is 2.69. The van der Waals surface area contributed by atoms with E-state index in [2.05, 4.69) is 20.7 Å². The summed E-state index contributed by atoms with van der Waals surface area (Å²) >= 11 is 3.53. The summed E-state index contributed by atoms with van der Waals surface area (Å²) in [5.74, 6) is -0.305. The summed E-state index contributed by atoms with van der Waals surface area (Å²) < 4.78 is 28.2. The number of halogens is 1. The van der Waals surface area contributed by atoms with Crippen LogP contribution in [0.25, 0.3) is 0 Å². The van der Waals surface area contributed by atoms with E-state index in [0.29, 0.717) is 5.56 Å². The van der Waals surface area contributed by atoms with Gasteiger partial charge in [-0.2, -0.15) is 4.72 Å². The number of hydrogen-bond acceptors (Lipinski definition) is 3. The van der Waals surface area contributed by atoms with Crippen LogP contribution in [-0.2, 0) is 10.0 Å². The highest BCUT2D eigenvalue weighted by Gasteiger charge is 2.32. The maximum absolute atomic E-state index is 13.1. The average molecular weight is 444 g/mol. The molecule has 0 radical (unpaired) electrons. The lowest BCUT2D eigenvalue weighted by atomic mass is 9.98. The summed E-state index contributed by atoms with van der Waals surface area (Å²) in [5, 5.41) is 0. The number of benzene rings is 3. The van der Waals surface area contributed by atoms with Crippen LogP contribution in [0.1, 0.15) is 20.7 Å². The number of rotatable bonds is 7. The fraction of sp³-hybridized carbons (Fsp3) is 0.0952. The van der Waals surface area contributed by atoms with Crippen molar-refractivity contribution >= 4 is 31.7 Å². The first kappa shape index (κ1) is 19.5. The van der Waals surface area contributed by atoms with Crippen LogP contribution in [-0.4, -0.2) is 20.2 Å². The molecule has 3 aromatic carbocycles. The molecule has 0 saturated heterocycles. The first-order chi connectivity index (χ1) is 13.0. The van der Waals surface area contributed by atoms with Gasteiger partial charge in [0.25, 0.3) is 0 Å². The van der Waals surface area contributed by atoms with Gasteiger partial charge in [0.15, 0.2) is 5.78 Å². The monoisotopic (exact) mass is 443 g/mol. The maximum atomic E-state index is 13.1. The van der Waals surface area contributed by atoms with Gasteiger partial charge in [0.1, 0.15) is 6.04 Å². The number of carbonyl (C=O) groups is 1. The summed E-state index contributed by atoms with van der Waals surface area (Å²) in [5.41, 5.74) is 1.25. The molecule has 3 rings (SSSR count). The number of nitrogens with one attached hydrogen (secondary N) is 1. The zero-order valence-corrected chi connectivity index (χ0v) is 16.7. The lowest BCUT2D eigenvalue weighted by molar-refractivity contribution is 0.0952. The molecule has 138 valence electrons. The zero-order chi connectivity index (χ0) is 19.3. The number of carbonyl (C=O) groups excluding carboxylic acids is 1. The number of hydrogen-bond donors (Lipinski definition) is 1. The minimum absolute atomic E-state index is 0.114. The molecule has 0 fully saturated rings. The summed E-state index contributed by atoms with van der Waals surface area (Å²) in [6.07, 6.45) is 0. The molecule has 0 amide bonds. The van der Waals surface area contributed by atoms with Crippen molar-refractivity contribution in [3.05, 3.63) is 102 Å². The molecular weight excluding hydrogens is 426 g/mol. The molecule has 0 aliphatic rings. The lowest BCUT2D eigenvalue weighted by Crippen LogP contribution is -2.43. The summed E-state index contributed by atoms with van der Waals surface area (Å²) in [6.45, 7) is 0. The van der Waals surface area contributed by atoms with E-state index in [4.69, 9.17) is 0 Å². The minimum atomic E-state index is -3.87. The molecule has 0 aromatic heterocycles. The Kier molecular flexibility index (Phi) is 6.21. The van der Waals surface area contributed by atoms with Gasteiger partial charge in [0, 0.05) is 5.56 Å². The molecule has 0 bridgehead atoms. The Morgan fingerprint density at radius 3 is 1.81 bits per heavy atom. The predicted octanol–water partition coefficient (Wildman–Crippen LogP) is 4.35. The largest absolute Gasteiger partial charge is 0.292 e. The molecule has 3 aromatic rings. The fourth-order valence-corrected chi connectivity index (χ4v) is 4.77. The van der Waals surface area contributed by atoms with Crippen molar-refractivity contribution in [2.24, 2.45) is 0 Å². The third-order valence-corrected chi connectivity index (χ3v) is 6.60. The van der Waals surface area contributed by atoms with Crippen LogP contribution >= 0.6 is 15.9 Å². The molecule has 0 aliphatic carbocycles. The highest BCUT2D eigenvalue weighted by molar-refractivity contribution is 9.09. The standard InChI is InChI=1S/C21H18BrNO3S/c22-19(16-10-4-1-5-11-16)20(21(24)17-12-6-2-7-13-17)23-27(25,26)18-14-8-3-9-15-18/h1-15,19-20,23H/t19-,20-/m0/s1. The number of Topliss-reactive ketones (excluding diaryl/α,β-unsaturated/α-hetero) is 1. The molecule has 27 heavy (non-hydrogen) atoms. The second kappa shape index (κ2) is 8.61. The van der Waals surface area contributed by atoms with E-state index in [-0.39, 0.29) is 10.7 Å². The Balaban J connectivity index is 1.98. The molecular formula is C21H18BrNO3S. The van der Waals surface area contributed by atoms with E-state index in [1.54, 1.807) is 42.5 Å². The molecule has 0 spiro atoms. The van der Waals surface area contributed by atoms with Crippen LogP contribution < -0.4 is 4.72 Å². The maximum Gasteiger partial charge on any atom is 0.241 e. The van der Waals surface area contributed by atoms with Gasteiger partial charge < -0.3 is 0 Å². The van der Waals surface area contributed by atoms with Crippen LogP contribution in [0.5, 0.6) is 0 Å².